The van der Waals surface area contributed by atoms with Crippen LogP contribution in [0.15, 0.2) is 48.5 Å². The Kier molecular flexibility index (Phi) is 3.53. The Hall–Kier alpha value is -1.97. The van der Waals surface area contributed by atoms with E-state index in [1.165, 1.54) is 22.2 Å². The molecule has 3 nitrogen and oxygen atoms in total. The second-order valence-corrected chi connectivity index (χ2v) is 6.03. The van der Waals surface area contributed by atoms with E-state index in [1.807, 2.05) is 24.3 Å². The van der Waals surface area contributed by atoms with Crippen LogP contribution >= 0.6 is 11.6 Å². The molecule has 0 unspecified atom stereocenters. The first kappa shape index (κ1) is 13.7. The average molecular weight is 312 g/mol. The molecule has 0 saturated carbocycles. The summed E-state index contributed by atoms with van der Waals surface area (Å²) in [6.07, 6.45) is 2.08. The first-order valence-corrected chi connectivity index (χ1v) is 8.06. The molecule has 2 heterocycles. The Morgan fingerprint density at radius 3 is 2.64 bits per heavy atom. The van der Waals surface area contributed by atoms with E-state index in [2.05, 4.69) is 39.7 Å². The van der Waals surface area contributed by atoms with Gasteiger partial charge in [0.05, 0.1) is 16.2 Å². The van der Waals surface area contributed by atoms with Crippen molar-refractivity contribution >= 4 is 28.2 Å². The summed E-state index contributed by atoms with van der Waals surface area (Å²) in [7, 11) is 0. The fourth-order valence-corrected chi connectivity index (χ4v) is 3.42. The predicted molar refractivity (Wildman–Crippen MR) is 92.7 cm³/mol. The molecule has 0 bridgehead atoms. The quantitative estimate of drug-likeness (QED) is 0.752. The van der Waals surface area contributed by atoms with Gasteiger partial charge >= 0.3 is 0 Å². The van der Waals surface area contributed by atoms with Crippen LogP contribution in [-0.4, -0.2) is 17.8 Å². The van der Waals surface area contributed by atoms with Crippen LogP contribution in [-0.2, 0) is 12.8 Å². The summed E-state index contributed by atoms with van der Waals surface area (Å²) in [5.41, 5.74) is 8.46. The van der Waals surface area contributed by atoms with Gasteiger partial charge < -0.3 is 5.32 Å². The number of hydrogen-bond donors (Lipinski definition) is 2. The maximum absolute atomic E-state index is 6.32. The van der Waals surface area contributed by atoms with Crippen molar-refractivity contribution in [2.45, 2.75) is 12.8 Å². The minimum atomic E-state index is 0.737. The Bertz CT molecular complexity index is 822. The Morgan fingerprint density at radius 1 is 0.955 bits per heavy atom. The maximum Gasteiger partial charge on any atom is 0.0732 e. The lowest BCUT2D eigenvalue weighted by atomic mass is 10.1. The lowest BCUT2D eigenvalue weighted by Crippen LogP contribution is -2.18. The maximum atomic E-state index is 6.32. The number of benzene rings is 2. The van der Waals surface area contributed by atoms with Crippen molar-refractivity contribution in [3.8, 4) is 0 Å². The van der Waals surface area contributed by atoms with Crippen molar-refractivity contribution in [1.82, 2.24) is 9.99 Å². The summed E-state index contributed by atoms with van der Waals surface area (Å²) in [5.74, 6) is 0. The first-order valence-electron chi connectivity index (χ1n) is 7.68. The monoisotopic (exact) mass is 311 g/mol. The summed E-state index contributed by atoms with van der Waals surface area (Å²) in [5, 5.41) is 5.55. The fraction of sp³-hybridized carbons (Fsp3) is 0.222. The molecular formula is C18H18ClN3. The smallest absolute Gasteiger partial charge is 0.0732 e. The number of nitrogens with zero attached hydrogens (tertiary/aromatic N) is 1. The summed E-state index contributed by atoms with van der Waals surface area (Å²) in [4.78, 5) is 0. The zero-order valence-electron chi connectivity index (χ0n) is 12.3. The van der Waals surface area contributed by atoms with E-state index in [9.17, 15) is 0 Å². The highest BCUT2D eigenvalue weighted by Crippen LogP contribution is 2.29. The van der Waals surface area contributed by atoms with Crippen molar-refractivity contribution in [2.24, 2.45) is 0 Å². The van der Waals surface area contributed by atoms with E-state index in [-0.39, 0.29) is 0 Å². The molecule has 0 fully saturated rings. The Balaban J connectivity index is 1.89. The second kappa shape index (κ2) is 5.67. The van der Waals surface area contributed by atoms with E-state index in [4.69, 9.17) is 11.6 Å². The first-order chi connectivity index (χ1) is 10.8. The molecule has 0 aliphatic carbocycles. The molecule has 1 aromatic heterocycles. The molecule has 0 atom stereocenters. The highest BCUT2D eigenvalue weighted by atomic mass is 35.5. The van der Waals surface area contributed by atoms with Crippen molar-refractivity contribution in [3.63, 3.8) is 0 Å². The van der Waals surface area contributed by atoms with Crippen molar-refractivity contribution in [1.29, 1.82) is 0 Å². The normalized spacial score (nSPS) is 14.6. The molecule has 4 heteroatoms. The van der Waals surface area contributed by atoms with Gasteiger partial charge in [0.15, 0.2) is 0 Å². The Labute approximate surface area is 134 Å². The number of nitrogens with one attached hydrogen (secondary N) is 2. The predicted octanol–water partition coefficient (Wildman–Crippen LogP) is 3.86. The van der Waals surface area contributed by atoms with E-state index < -0.39 is 0 Å². The van der Waals surface area contributed by atoms with Gasteiger partial charge in [0.1, 0.15) is 0 Å². The SMILES string of the molecule is Clc1ccccc1Nn1c2c(c3ccccc31)CCNCC2. The number of aromatic nitrogens is 1. The van der Waals surface area contributed by atoms with E-state index in [0.29, 0.717) is 0 Å². The largest absolute Gasteiger partial charge is 0.316 e. The van der Waals surface area contributed by atoms with Gasteiger partial charge in [-0.15, -0.1) is 0 Å². The lowest BCUT2D eigenvalue weighted by Gasteiger charge is -2.15. The van der Waals surface area contributed by atoms with Crippen molar-refractivity contribution in [3.05, 3.63) is 64.8 Å². The molecule has 2 aromatic carbocycles. The summed E-state index contributed by atoms with van der Waals surface area (Å²) in [6, 6.07) is 16.5. The number of rotatable bonds is 2. The molecule has 1 aliphatic heterocycles. The molecule has 3 aromatic rings. The van der Waals surface area contributed by atoms with Gasteiger partial charge in [-0.2, -0.15) is 0 Å². The molecule has 4 rings (SSSR count). The van der Waals surface area contributed by atoms with Crippen LogP contribution in [0.1, 0.15) is 11.3 Å². The second-order valence-electron chi connectivity index (χ2n) is 5.62. The topological polar surface area (TPSA) is 29.0 Å². The molecule has 2 N–H and O–H groups in total. The molecule has 112 valence electrons. The van der Waals surface area contributed by atoms with E-state index >= 15 is 0 Å². The zero-order valence-corrected chi connectivity index (χ0v) is 13.0. The summed E-state index contributed by atoms with van der Waals surface area (Å²) >= 11 is 6.32. The minimum Gasteiger partial charge on any atom is -0.316 e. The van der Waals surface area contributed by atoms with Gasteiger partial charge in [0.2, 0.25) is 0 Å². The van der Waals surface area contributed by atoms with Gasteiger partial charge in [0.25, 0.3) is 0 Å². The molecule has 0 saturated heterocycles. The van der Waals surface area contributed by atoms with E-state index in [1.54, 1.807) is 0 Å². The van der Waals surface area contributed by atoms with Gasteiger partial charge in [-0.05, 0) is 36.7 Å². The number of fused-ring (bicyclic) bond motifs is 3. The van der Waals surface area contributed by atoms with Crippen LogP contribution in [0.5, 0.6) is 0 Å². The minimum absolute atomic E-state index is 0.737. The number of hydrogen-bond acceptors (Lipinski definition) is 2. The molecule has 0 amide bonds. The molecule has 0 spiro atoms. The van der Waals surface area contributed by atoms with Crippen molar-refractivity contribution < 1.29 is 0 Å². The van der Waals surface area contributed by atoms with E-state index in [0.717, 1.165) is 36.6 Å². The summed E-state index contributed by atoms with van der Waals surface area (Å²) < 4.78 is 2.21. The van der Waals surface area contributed by atoms with Gasteiger partial charge in [-0.1, -0.05) is 41.9 Å². The lowest BCUT2D eigenvalue weighted by molar-refractivity contribution is 0.702. The summed E-state index contributed by atoms with van der Waals surface area (Å²) in [6.45, 7) is 2.04. The molecule has 1 aliphatic rings. The average Bonchev–Trinajstić information content (AvgIpc) is 2.70. The van der Waals surface area contributed by atoms with Crippen LogP contribution in [0.4, 0.5) is 5.69 Å². The molecule has 22 heavy (non-hydrogen) atoms. The highest BCUT2D eigenvalue weighted by Gasteiger charge is 2.18. The zero-order chi connectivity index (χ0) is 14.9. The third-order valence-corrected chi connectivity index (χ3v) is 4.61. The van der Waals surface area contributed by atoms with Gasteiger partial charge in [0, 0.05) is 24.0 Å². The number of anilines is 1. The highest BCUT2D eigenvalue weighted by molar-refractivity contribution is 6.33. The van der Waals surface area contributed by atoms with Crippen LogP contribution in [0, 0.1) is 0 Å². The van der Waals surface area contributed by atoms with Crippen molar-refractivity contribution in [2.75, 3.05) is 18.5 Å². The Morgan fingerprint density at radius 2 is 1.73 bits per heavy atom. The number of para-hydroxylation sites is 2. The number of halogens is 1. The third-order valence-electron chi connectivity index (χ3n) is 4.28. The van der Waals surface area contributed by atoms with Crippen LogP contribution < -0.4 is 10.7 Å². The molecule has 0 radical (unpaired) electrons. The van der Waals surface area contributed by atoms with Gasteiger partial charge in [-0.3, -0.25) is 10.1 Å². The van der Waals surface area contributed by atoms with Gasteiger partial charge in [-0.25, -0.2) is 0 Å². The van der Waals surface area contributed by atoms with Crippen LogP contribution in [0.2, 0.25) is 5.02 Å². The van der Waals surface area contributed by atoms with Crippen LogP contribution in [0.3, 0.4) is 0 Å². The standard InChI is InChI=1S/C18H18ClN3/c19-15-6-2-3-7-16(15)21-22-17-8-4-1-5-13(17)14-9-11-20-12-10-18(14)22/h1-8,20-21H,9-12H2. The third kappa shape index (κ3) is 2.27. The molecular weight excluding hydrogens is 294 g/mol. The van der Waals surface area contributed by atoms with Crippen LogP contribution in [0.25, 0.3) is 10.9 Å². The fourth-order valence-electron chi connectivity index (χ4n) is 3.25.